The minimum atomic E-state index is 0.116. The summed E-state index contributed by atoms with van der Waals surface area (Å²) in [4.78, 5) is 10.5. The van der Waals surface area contributed by atoms with E-state index < -0.39 is 0 Å². The molecule has 2 rings (SSSR count). The highest BCUT2D eigenvalue weighted by Crippen LogP contribution is 2.19. The number of rotatable bonds is 4. The number of hydrogen-bond donors (Lipinski definition) is 1. The molecule has 0 amide bonds. The zero-order chi connectivity index (χ0) is 12.3. The maximum Gasteiger partial charge on any atom is 0.0941 e. The number of nitrogens with two attached hydrogens (primary N) is 1. The summed E-state index contributed by atoms with van der Waals surface area (Å²) in [6.45, 7) is 7.87. The van der Waals surface area contributed by atoms with E-state index in [2.05, 4.69) is 21.8 Å². The summed E-state index contributed by atoms with van der Waals surface area (Å²) >= 11 is 1.76. The van der Waals surface area contributed by atoms with Crippen LogP contribution in [0.25, 0.3) is 0 Å². The minimum absolute atomic E-state index is 0.116. The zero-order valence-electron chi connectivity index (χ0n) is 10.7. The topological polar surface area (TPSA) is 45.4 Å². The van der Waals surface area contributed by atoms with Crippen LogP contribution in [0.1, 0.15) is 22.9 Å². The summed E-state index contributed by atoms with van der Waals surface area (Å²) in [5, 5.41) is 1.22. The lowest BCUT2D eigenvalue weighted by atomic mass is 10.3. The van der Waals surface area contributed by atoms with Crippen LogP contribution in [-0.4, -0.2) is 54.6 Å². The van der Waals surface area contributed by atoms with Gasteiger partial charge in [0.2, 0.25) is 0 Å². The van der Waals surface area contributed by atoms with Crippen molar-refractivity contribution in [2.75, 3.05) is 39.8 Å². The van der Waals surface area contributed by atoms with Gasteiger partial charge in [0.15, 0.2) is 0 Å². The number of hydrogen-bond acceptors (Lipinski definition) is 5. The Bertz CT molecular complexity index is 342. The quantitative estimate of drug-likeness (QED) is 0.869. The fourth-order valence-corrected chi connectivity index (χ4v) is 2.84. The first kappa shape index (κ1) is 13.0. The Morgan fingerprint density at radius 2 is 2.12 bits per heavy atom. The van der Waals surface area contributed by atoms with E-state index in [1.165, 1.54) is 36.1 Å². The molecule has 1 atom stereocenters. The molecule has 1 aliphatic heterocycles. The van der Waals surface area contributed by atoms with Crippen LogP contribution in [0, 0.1) is 0 Å². The molecule has 0 radical (unpaired) electrons. The van der Waals surface area contributed by atoms with Crippen molar-refractivity contribution < 1.29 is 0 Å². The maximum absolute atomic E-state index is 5.84. The molecule has 0 saturated carbocycles. The van der Waals surface area contributed by atoms with Crippen molar-refractivity contribution in [2.24, 2.45) is 5.73 Å². The number of nitrogens with zero attached hydrogens (tertiary/aromatic N) is 3. The normalized spacial score (nSPS) is 20.6. The van der Waals surface area contributed by atoms with Gasteiger partial charge in [-0.25, -0.2) is 4.98 Å². The Kier molecular flexibility index (Phi) is 4.50. The second-order valence-electron chi connectivity index (χ2n) is 4.84. The van der Waals surface area contributed by atoms with Crippen LogP contribution in [0.4, 0.5) is 0 Å². The molecule has 0 aliphatic carbocycles. The predicted molar refractivity (Wildman–Crippen MR) is 72.4 cm³/mol. The lowest BCUT2D eigenvalue weighted by Crippen LogP contribution is -2.45. The van der Waals surface area contributed by atoms with Crippen molar-refractivity contribution in [1.82, 2.24) is 14.8 Å². The molecule has 2 N–H and O–H groups in total. The van der Waals surface area contributed by atoms with Crippen LogP contribution >= 0.6 is 11.3 Å². The second kappa shape index (κ2) is 5.91. The third-order valence-corrected chi connectivity index (χ3v) is 4.52. The number of likely N-dealkylation sites (N-methyl/N-ethyl adjacent to an activating group) is 1. The molecule has 96 valence electrons. The Labute approximate surface area is 107 Å². The first-order valence-electron chi connectivity index (χ1n) is 6.26. The molecule has 5 heteroatoms. The molecule has 2 heterocycles. The van der Waals surface area contributed by atoms with E-state index in [1.807, 2.05) is 13.1 Å². The zero-order valence-corrected chi connectivity index (χ0v) is 11.5. The molecule has 1 unspecified atom stereocenters. The van der Waals surface area contributed by atoms with Crippen LogP contribution in [0.2, 0.25) is 0 Å². The van der Waals surface area contributed by atoms with Crippen molar-refractivity contribution >= 4 is 11.3 Å². The van der Waals surface area contributed by atoms with Crippen LogP contribution in [-0.2, 0) is 6.42 Å². The molecular weight excluding hydrogens is 232 g/mol. The van der Waals surface area contributed by atoms with Gasteiger partial charge in [0.25, 0.3) is 0 Å². The highest BCUT2D eigenvalue weighted by Gasteiger charge is 2.14. The van der Waals surface area contributed by atoms with E-state index in [-0.39, 0.29) is 6.04 Å². The first-order valence-corrected chi connectivity index (χ1v) is 7.08. The van der Waals surface area contributed by atoms with Crippen molar-refractivity contribution in [3.63, 3.8) is 0 Å². The van der Waals surface area contributed by atoms with E-state index in [9.17, 15) is 0 Å². The van der Waals surface area contributed by atoms with E-state index >= 15 is 0 Å². The van der Waals surface area contributed by atoms with Gasteiger partial charge in [-0.3, -0.25) is 0 Å². The fraction of sp³-hybridized carbons (Fsp3) is 0.750. The summed E-state index contributed by atoms with van der Waals surface area (Å²) in [6, 6.07) is 0.116. The summed E-state index contributed by atoms with van der Waals surface area (Å²) in [5.41, 5.74) is 5.84. The van der Waals surface area contributed by atoms with Crippen molar-refractivity contribution in [3.05, 3.63) is 16.1 Å². The Hall–Kier alpha value is -0.490. The van der Waals surface area contributed by atoms with Crippen molar-refractivity contribution in [3.8, 4) is 0 Å². The van der Waals surface area contributed by atoms with Crippen LogP contribution in [0.15, 0.2) is 6.20 Å². The van der Waals surface area contributed by atoms with Gasteiger partial charge in [0.05, 0.1) is 5.01 Å². The molecule has 17 heavy (non-hydrogen) atoms. The lowest BCUT2D eigenvalue weighted by Gasteiger charge is -2.32. The molecular formula is C12H22N4S. The molecule has 4 nitrogen and oxygen atoms in total. The van der Waals surface area contributed by atoms with Crippen molar-refractivity contribution in [2.45, 2.75) is 19.4 Å². The fourth-order valence-electron chi connectivity index (χ4n) is 1.98. The molecule has 0 aromatic carbocycles. The molecule has 1 aromatic heterocycles. The van der Waals surface area contributed by atoms with E-state index in [0.29, 0.717) is 0 Å². The van der Waals surface area contributed by atoms with Gasteiger partial charge in [-0.1, -0.05) is 0 Å². The van der Waals surface area contributed by atoms with Gasteiger partial charge in [-0.05, 0) is 14.0 Å². The Balaban J connectivity index is 1.77. The van der Waals surface area contributed by atoms with Gasteiger partial charge < -0.3 is 15.5 Å². The third kappa shape index (κ3) is 3.74. The van der Waals surface area contributed by atoms with Crippen LogP contribution in [0.5, 0.6) is 0 Å². The van der Waals surface area contributed by atoms with Crippen LogP contribution in [0.3, 0.4) is 0 Å². The Morgan fingerprint density at radius 1 is 1.41 bits per heavy atom. The molecule has 1 fully saturated rings. The highest BCUT2D eigenvalue weighted by atomic mass is 32.1. The number of thiazole rings is 1. The summed E-state index contributed by atoms with van der Waals surface area (Å²) in [7, 11) is 2.19. The third-order valence-electron chi connectivity index (χ3n) is 3.26. The minimum Gasteiger partial charge on any atom is -0.323 e. The molecule has 1 aromatic rings. The molecule has 1 saturated heterocycles. The monoisotopic (exact) mass is 254 g/mol. The average Bonchev–Trinajstić information content (AvgIpc) is 2.77. The maximum atomic E-state index is 5.84. The molecule has 1 aliphatic rings. The average molecular weight is 254 g/mol. The summed E-state index contributed by atoms with van der Waals surface area (Å²) in [6.07, 6.45) is 2.98. The Morgan fingerprint density at radius 3 is 2.71 bits per heavy atom. The summed E-state index contributed by atoms with van der Waals surface area (Å²) < 4.78 is 0. The molecule has 0 spiro atoms. The van der Waals surface area contributed by atoms with Gasteiger partial charge in [0, 0.05) is 56.3 Å². The second-order valence-corrected chi connectivity index (χ2v) is 5.99. The van der Waals surface area contributed by atoms with Gasteiger partial charge in [-0.2, -0.15) is 0 Å². The number of aromatic nitrogens is 1. The predicted octanol–water partition coefficient (Wildman–Crippen LogP) is 0.953. The van der Waals surface area contributed by atoms with Crippen LogP contribution < -0.4 is 5.73 Å². The molecule has 0 bridgehead atoms. The lowest BCUT2D eigenvalue weighted by molar-refractivity contribution is 0.155. The van der Waals surface area contributed by atoms with Gasteiger partial charge >= 0.3 is 0 Å². The smallest absolute Gasteiger partial charge is 0.0941 e. The van der Waals surface area contributed by atoms with Gasteiger partial charge in [0.1, 0.15) is 0 Å². The standard InChI is InChI=1S/C12H22N4S/c1-10(13)11-9-14-12(17-11)3-4-16-7-5-15(2)6-8-16/h9-10H,3-8,13H2,1-2H3. The highest BCUT2D eigenvalue weighted by molar-refractivity contribution is 7.11. The van der Waals surface area contributed by atoms with Gasteiger partial charge in [-0.15, -0.1) is 11.3 Å². The van der Waals surface area contributed by atoms with E-state index in [0.717, 1.165) is 13.0 Å². The van der Waals surface area contributed by atoms with E-state index in [4.69, 9.17) is 5.73 Å². The largest absolute Gasteiger partial charge is 0.323 e. The van der Waals surface area contributed by atoms with E-state index in [1.54, 1.807) is 11.3 Å². The first-order chi connectivity index (χ1) is 8.15. The SMILES string of the molecule is CC(N)c1cnc(CCN2CCN(C)CC2)s1. The summed E-state index contributed by atoms with van der Waals surface area (Å²) in [5.74, 6) is 0. The van der Waals surface area contributed by atoms with Crippen molar-refractivity contribution in [1.29, 1.82) is 0 Å². The number of piperazine rings is 1.